The first-order valence-electron chi connectivity index (χ1n) is 7.27. The smallest absolute Gasteiger partial charge is 0.220 e. The van der Waals surface area contributed by atoms with Gasteiger partial charge in [0, 0.05) is 11.4 Å². The molecule has 118 valence electrons. The average Bonchev–Trinajstić information content (AvgIpc) is 3.01. The molecule has 1 aromatic heterocycles. The van der Waals surface area contributed by atoms with Crippen molar-refractivity contribution in [2.45, 2.75) is 25.9 Å². The summed E-state index contributed by atoms with van der Waals surface area (Å²) in [5.41, 5.74) is 1.15. The highest BCUT2D eigenvalue weighted by Crippen LogP contribution is 2.16. The van der Waals surface area contributed by atoms with Crippen LogP contribution in [0.3, 0.4) is 0 Å². The van der Waals surface area contributed by atoms with Gasteiger partial charge in [0.25, 0.3) is 0 Å². The molecule has 0 aliphatic carbocycles. The standard InChI is InChI=1S/C17H20ClNO3/c1-12(9-13-4-6-14(18)7-5-13)10-17(21)19-11-15(20)16-3-2-8-22-16/h2-8,12,15,20H,9-11H2,1H3,(H,19,21). The van der Waals surface area contributed by atoms with Gasteiger partial charge in [0.2, 0.25) is 5.91 Å². The summed E-state index contributed by atoms with van der Waals surface area (Å²) in [5, 5.41) is 13.3. The van der Waals surface area contributed by atoms with Crippen LogP contribution in [0.4, 0.5) is 0 Å². The molecule has 1 aromatic carbocycles. The van der Waals surface area contributed by atoms with E-state index in [0.717, 1.165) is 12.0 Å². The number of nitrogens with one attached hydrogen (secondary N) is 1. The maximum absolute atomic E-state index is 11.9. The van der Waals surface area contributed by atoms with Crippen molar-refractivity contribution in [3.8, 4) is 0 Å². The Kier molecular flexibility index (Phi) is 6.04. The molecule has 0 fully saturated rings. The van der Waals surface area contributed by atoms with Crippen molar-refractivity contribution in [2.24, 2.45) is 5.92 Å². The summed E-state index contributed by atoms with van der Waals surface area (Å²) < 4.78 is 5.09. The van der Waals surface area contributed by atoms with Crippen LogP contribution in [0.5, 0.6) is 0 Å². The summed E-state index contributed by atoms with van der Waals surface area (Å²) in [6, 6.07) is 11.0. The molecular weight excluding hydrogens is 302 g/mol. The van der Waals surface area contributed by atoms with E-state index < -0.39 is 6.10 Å². The molecule has 4 nitrogen and oxygen atoms in total. The van der Waals surface area contributed by atoms with Crippen molar-refractivity contribution < 1.29 is 14.3 Å². The van der Waals surface area contributed by atoms with E-state index in [9.17, 15) is 9.90 Å². The van der Waals surface area contributed by atoms with Gasteiger partial charge in [-0.25, -0.2) is 0 Å². The molecule has 2 N–H and O–H groups in total. The van der Waals surface area contributed by atoms with Crippen LogP contribution in [0, 0.1) is 5.92 Å². The minimum Gasteiger partial charge on any atom is -0.467 e. The normalized spacial score (nSPS) is 13.6. The van der Waals surface area contributed by atoms with E-state index in [1.54, 1.807) is 12.1 Å². The number of carbonyl (C=O) groups excluding carboxylic acids is 1. The van der Waals surface area contributed by atoms with E-state index in [0.29, 0.717) is 17.2 Å². The molecule has 2 aromatic rings. The molecule has 2 atom stereocenters. The van der Waals surface area contributed by atoms with E-state index in [2.05, 4.69) is 5.32 Å². The first kappa shape index (κ1) is 16.6. The Balaban J connectivity index is 1.73. The summed E-state index contributed by atoms with van der Waals surface area (Å²) in [5.74, 6) is 0.587. The Labute approximate surface area is 135 Å². The van der Waals surface area contributed by atoms with Gasteiger partial charge in [-0.3, -0.25) is 4.79 Å². The van der Waals surface area contributed by atoms with Gasteiger partial charge in [-0.05, 0) is 42.2 Å². The summed E-state index contributed by atoms with van der Waals surface area (Å²) in [6.45, 7) is 2.18. The Morgan fingerprint density at radius 2 is 2.05 bits per heavy atom. The molecule has 0 bridgehead atoms. The monoisotopic (exact) mass is 321 g/mol. The van der Waals surface area contributed by atoms with E-state index in [4.69, 9.17) is 16.0 Å². The van der Waals surface area contributed by atoms with Crippen LogP contribution in [-0.4, -0.2) is 17.6 Å². The van der Waals surface area contributed by atoms with Crippen LogP contribution in [0.2, 0.25) is 5.02 Å². The van der Waals surface area contributed by atoms with E-state index in [1.165, 1.54) is 6.26 Å². The number of aliphatic hydroxyl groups excluding tert-OH is 1. The lowest BCUT2D eigenvalue weighted by atomic mass is 9.98. The molecule has 0 aliphatic heterocycles. The van der Waals surface area contributed by atoms with Gasteiger partial charge in [-0.1, -0.05) is 30.7 Å². The Morgan fingerprint density at radius 1 is 1.32 bits per heavy atom. The van der Waals surface area contributed by atoms with Crippen molar-refractivity contribution >= 4 is 17.5 Å². The van der Waals surface area contributed by atoms with Crippen LogP contribution in [0.25, 0.3) is 0 Å². The third-order valence-electron chi connectivity index (χ3n) is 3.40. The lowest BCUT2D eigenvalue weighted by Crippen LogP contribution is -2.29. The third kappa shape index (κ3) is 5.20. The van der Waals surface area contributed by atoms with Crippen molar-refractivity contribution in [1.82, 2.24) is 5.32 Å². The second-order valence-corrected chi connectivity index (χ2v) is 5.91. The molecule has 0 spiro atoms. The first-order valence-corrected chi connectivity index (χ1v) is 7.65. The molecule has 0 aliphatic rings. The molecule has 22 heavy (non-hydrogen) atoms. The number of rotatable bonds is 7. The van der Waals surface area contributed by atoms with Gasteiger partial charge in [-0.2, -0.15) is 0 Å². The second-order valence-electron chi connectivity index (χ2n) is 5.48. The minimum atomic E-state index is -0.814. The number of hydrogen-bond acceptors (Lipinski definition) is 3. The van der Waals surface area contributed by atoms with Gasteiger partial charge in [0.15, 0.2) is 0 Å². The zero-order valence-corrected chi connectivity index (χ0v) is 13.2. The molecule has 2 unspecified atom stereocenters. The molecule has 0 saturated carbocycles. The molecule has 1 heterocycles. The number of furan rings is 1. The van der Waals surface area contributed by atoms with Crippen LogP contribution >= 0.6 is 11.6 Å². The number of hydrogen-bond donors (Lipinski definition) is 2. The molecule has 0 saturated heterocycles. The average molecular weight is 322 g/mol. The number of halogens is 1. The SMILES string of the molecule is CC(CC(=O)NCC(O)c1ccco1)Cc1ccc(Cl)cc1. The van der Waals surface area contributed by atoms with Gasteiger partial charge in [0.05, 0.1) is 12.8 Å². The predicted molar refractivity (Wildman–Crippen MR) is 85.6 cm³/mol. The molecule has 5 heteroatoms. The summed E-state index contributed by atoms with van der Waals surface area (Å²) >= 11 is 5.85. The van der Waals surface area contributed by atoms with Gasteiger partial charge >= 0.3 is 0 Å². The van der Waals surface area contributed by atoms with E-state index in [-0.39, 0.29) is 18.4 Å². The molecule has 2 rings (SSSR count). The summed E-state index contributed by atoms with van der Waals surface area (Å²) in [6.07, 6.45) is 1.90. The van der Waals surface area contributed by atoms with Crippen LogP contribution < -0.4 is 5.32 Å². The zero-order valence-electron chi connectivity index (χ0n) is 12.5. The van der Waals surface area contributed by atoms with Gasteiger partial charge in [-0.15, -0.1) is 0 Å². The topological polar surface area (TPSA) is 62.5 Å². The van der Waals surface area contributed by atoms with Crippen LogP contribution in [0.15, 0.2) is 47.1 Å². The lowest BCUT2D eigenvalue weighted by Gasteiger charge is -2.13. The lowest BCUT2D eigenvalue weighted by molar-refractivity contribution is -0.122. The summed E-state index contributed by atoms with van der Waals surface area (Å²) in [7, 11) is 0. The highest BCUT2D eigenvalue weighted by Gasteiger charge is 2.14. The minimum absolute atomic E-state index is 0.0768. The van der Waals surface area contributed by atoms with E-state index in [1.807, 2.05) is 31.2 Å². The van der Waals surface area contributed by atoms with E-state index >= 15 is 0 Å². The molecule has 1 amide bonds. The fourth-order valence-electron chi connectivity index (χ4n) is 2.28. The number of aliphatic hydroxyl groups is 1. The fraction of sp³-hybridized carbons (Fsp3) is 0.353. The van der Waals surface area contributed by atoms with Crippen molar-refractivity contribution in [2.75, 3.05) is 6.54 Å². The Bertz CT molecular complexity index is 580. The number of benzene rings is 1. The van der Waals surface area contributed by atoms with Crippen molar-refractivity contribution in [3.63, 3.8) is 0 Å². The zero-order chi connectivity index (χ0) is 15.9. The Hall–Kier alpha value is -1.78. The van der Waals surface area contributed by atoms with Crippen molar-refractivity contribution in [3.05, 3.63) is 59.0 Å². The quantitative estimate of drug-likeness (QED) is 0.822. The summed E-state index contributed by atoms with van der Waals surface area (Å²) in [4.78, 5) is 11.9. The second kappa shape index (κ2) is 8.01. The maximum Gasteiger partial charge on any atom is 0.220 e. The highest BCUT2D eigenvalue weighted by atomic mass is 35.5. The third-order valence-corrected chi connectivity index (χ3v) is 3.65. The fourth-order valence-corrected chi connectivity index (χ4v) is 2.40. The molecular formula is C17H20ClNO3. The van der Waals surface area contributed by atoms with Crippen molar-refractivity contribution in [1.29, 1.82) is 0 Å². The molecule has 0 radical (unpaired) electrons. The predicted octanol–water partition coefficient (Wildman–Crippen LogP) is 3.35. The highest BCUT2D eigenvalue weighted by molar-refractivity contribution is 6.30. The van der Waals surface area contributed by atoms with Crippen LogP contribution in [0.1, 0.15) is 30.8 Å². The maximum atomic E-state index is 11.9. The number of carbonyl (C=O) groups is 1. The first-order chi connectivity index (χ1) is 10.5. The van der Waals surface area contributed by atoms with Crippen LogP contribution in [-0.2, 0) is 11.2 Å². The number of amides is 1. The Morgan fingerprint density at radius 3 is 2.68 bits per heavy atom. The van der Waals surface area contributed by atoms with Gasteiger partial charge < -0.3 is 14.8 Å². The van der Waals surface area contributed by atoms with Gasteiger partial charge in [0.1, 0.15) is 11.9 Å². The largest absolute Gasteiger partial charge is 0.467 e.